The van der Waals surface area contributed by atoms with Crippen LogP contribution in [-0.4, -0.2) is 28.9 Å². The first kappa shape index (κ1) is 17.8. The molecule has 25 heavy (non-hydrogen) atoms. The molecule has 4 nitrogen and oxygen atoms in total. The van der Waals surface area contributed by atoms with Gasteiger partial charge in [-0.15, -0.1) is 11.8 Å². The molecule has 2 aromatic rings. The fraction of sp³-hybridized carbons (Fsp3) is 0.158. The fourth-order valence-corrected chi connectivity index (χ4v) is 4.51. The molecule has 0 bridgehead atoms. The fourth-order valence-electron chi connectivity index (χ4n) is 2.77. The van der Waals surface area contributed by atoms with Crippen molar-refractivity contribution in [1.29, 1.82) is 0 Å². The van der Waals surface area contributed by atoms with E-state index in [0.29, 0.717) is 22.2 Å². The maximum Gasteiger partial charge on any atom is 0.343 e. The molecule has 1 amide bonds. The van der Waals surface area contributed by atoms with Crippen molar-refractivity contribution in [2.24, 2.45) is 0 Å². The van der Waals surface area contributed by atoms with Crippen LogP contribution in [0.4, 0.5) is 0 Å². The molecule has 0 saturated heterocycles. The number of aliphatic carboxylic acids is 1. The van der Waals surface area contributed by atoms with Crippen LogP contribution < -0.4 is 0 Å². The molecule has 1 heterocycles. The SMILES string of the molecule is CN(C(=O)c1ccccc1Br)C1=C(C(=O)O)SC(c2ccccc2)C1. The lowest BCUT2D eigenvalue weighted by Crippen LogP contribution is -2.27. The highest BCUT2D eigenvalue weighted by Gasteiger charge is 2.34. The van der Waals surface area contributed by atoms with Gasteiger partial charge in [0.2, 0.25) is 0 Å². The Labute approximate surface area is 158 Å². The summed E-state index contributed by atoms with van der Waals surface area (Å²) in [6.07, 6.45) is 0.503. The summed E-state index contributed by atoms with van der Waals surface area (Å²) >= 11 is 4.68. The minimum absolute atomic E-state index is 0.00300. The Morgan fingerprint density at radius 1 is 1.12 bits per heavy atom. The molecule has 1 aliphatic heterocycles. The third-order valence-corrected chi connectivity index (χ3v) is 6.14. The van der Waals surface area contributed by atoms with Crippen LogP contribution in [0.2, 0.25) is 0 Å². The van der Waals surface area contributed by atoms with Crippen molar-refractivity contribution in [3.8, 4) is 0 Å². The zero-order valence-corrected chi connectivity index (χ0v) is 15.9. The van der Waals surface area contributed by atoms with E-state index in [1.807, 2.05) is 36.4 Å². The van der Waals surface area contributed by atoms with E-state index in [2.05, 4.69) is 15.9 Å². The maximum absolute atomic E-state index is 12.8. The molecule has 6 heteroatoms. The molecule has 1 atom stereocenters. The van der Waals surface area contributed by atoms with Crippen molar-refractivity contribution in [2.45, 2.75) is 11.7 Å². The third-order valence-electron chi connectivity index (χ3n) is 4.08. The summed E-state index contributed by atoms with van der Waals surface area (Å²) in [6, 6.07) is 16.9. The Hall–Kier alpha value is -2.05. The van der Waals surface area contributed by atoms with Crippen LogP contribution in [0.5, 0.6) is 0 Å². The van der Waals surface area contributed by atoms with Crippen LogP contribution in [-0.2, 0) is 4.79 Å². The van der Waals surface area contributed by atoms with Gasteiger partial charge in [-0.05, 0) is 33.6 Å². The number of carbonyl (C=O) groups excluding carboxylic acids is 1. The van der Waals surface area contributed by atoms with Gasteiger partial charge in [-0.25, -0.2) is 4.79 Å². The van der Waals surface area contributed by atoms with Gasteiger partial charge in [-0.2, -0.15) is 0 Å². The molecule has 0 fully saturated rings. The summed E-state index contributed by atoms with van der Waals surface area (Å²) in [5, 5.41) is 9.58. The molecular formula is C19H16BrNO3S. The topological polar surface area (TPSA) is 57.6 Å². The van der Waals surface area contributed by atoms with E-state index in [9.17, 15) is 14.7 Å². The Bertz CT molecular complexity index is 851. The van der Waals surface area contributed by atoms with Crippen molar-refractivity contribution in [2.75, 3.05) is 7.05 Å². The first-order valence-electron chi connectivity index (χ1n) is 7.69. The zero-order chi connectivity index (χ0) is 18.0. The summed E-state index contributed by atoms with van der Waals surface area (Å²) in [6.45, 7) is 0. The first-order valence-corrected chi connectivity index (χ1v) is 9.37. The molecule has 1 aliphatic rings. The number of benzene rings is 2. The summed E-state index contributed by atoms with van der Waals surface area (Å²) in [7, 11) is 1.63. The van der Waals surface area contributed by atoms with Gasteiger partial charge in [-0.3, -0.25) is 4.79 Å². The van der Waals surface area contributed by atoms with Crippen LogP contribution in [0, 0.1) is 0 Å². The highest BCUT2D eigenvalue weighted by molar-refractivity contribution is 9.10. The van der Waals surface area contributed by atoms with Crippen LogP contribution >= 0.6 is 27.7 Å². The largest absolute Gasteiger partial charge is 0.477 e. The molecule has 1 unspecified atom stereocenters. The van der Waals surface area contributed by atoms with E-state index in [4.69, 9.17) is 0 Å². The number of hydrogen-bond acceptors (Lipinski definition) is 3. The lowest BCUT2D eigenvalue weighted by atomic mass is 10.1. The second-order valence-corrected chi connectivity index (χ2v) is 7.71. The molecule has 1 N–H and O–H groups in total. The first-order chi connectivity index (χ1) is 12.0. The number of carboxylic acid groups (broad SMARTS) is 1. The lowest BCUT2D eigenvalue weighted by molar-refractivity contribution is -0.131. The molecule has 2 aromatic carbocycles. The highest BCUT2D eigenvalue weighted by atomic mass is 79.9. The number of amides is 1. The van der Waals surface area contributed by atoms with Gasteiger partial charge in [0.25, 0.3) is 5.91 Å². The Morgan fingerprint density at radius 3 is 2.40 bits per heavy atom. The summed E-state index contributed by atoms with van der Waals surface area (Å²) in [4.78, 5) is 26.2. The highest BCUT2D eigenvalue weighted by Crippen LogP contribution is 2.48. The van der Waals surface area contributed by atoms with E-state index in [1.165, 1.54) is 16.7 Å². The predicted molar refractivity (Wildman–Crippen MR) is 102 cm³/mol. The van der Waals surface area contributed by atoms with Crippen LogP contribution in [0.3, 0.4) is 0 Å². The Kier molecular flexibility index (Phi) is 5.30. The number of carboxylic acids is 1. The summed E-state index contributed by atoms with van der Waals surface area (Å²) in [5.74, 6) is -1.22. The average molecular weight is 418 g/mol. The van der Waals surface area contributed by atoms with Gasteiger partial charge in [0.1, 0.15) is 4.91 Å². The minimum atomic E-state index is -0.995. The average Bonchev–Trinajstić information content (AvgIpc) is 3.07. The smallest absolute Gasteiger partial charge is 0.343 e. The minimum Gasteiger partial charge on any atom is -0.477 e. The van der Waals surface area contributed by atoms with E-state index in [0.717, 1.165) is 5.56 Å². The normalized spacial score (nSPS) is 16.8. The second-order valence-electron chi connectivity index (χ2n) is 5.65. The molecule has 0 aliphatic carbocycles. The number of nitrogens with zero attached hydrogens (tertiary/aromatic N) is 1. The number of halogens is 1. The molecular weight excluding hydrogens is 402 g/mol. The summed E-state index contributed by atoms with van der Waals surface area (Å²) in [5.41, 5.74) is 2.12. The number of rotatable bonds is 4. The monoisotopic (exact) mass is 417 g/mol. The predicted octanol–water partition coefficient (Wildman–Crippen LogP) is 4.70. The zero-order valence-electron chi connectivity index (χ0n) is 13.5. The number of thioether (sulfide) groups is 1. The molecule has 0 aromatic heterocycles. The maximum atomic E-state index is 12.8. The van der Waals surface area contributed by atoms with E-state index in [-0.39, 0.29) is 16.1 Å². The van der Waals surface area contributed by atoms with Crippen molar-refractivity contribution < 1.29 is 14.7 Å². The van der Waals surface area contributed by atoms with E-state index >= 15 is 0 Å². The third kappa shape index (κ3) is 3.65. The van der Waals surface area contributed by atoms with Crippen LogP contribution in [0.25, 0.3) is 0 Å². The molecule has 0 spiro atoms. The van der Waals surface area contributed by atoms with Gasteiger partial charge < -0.3 is 10.0 Å². The second kappa shape index (κ2) is 7.45. The summed E-state index contributed by atoms with van der Waals surface area (Å²) < 4.78 is 0.689. The number of hydrogen-bond donors (Lipinski definition) is 1. The van der Waals surface area contributed by atoms with Crippen molar-refractivity contribution >= 4 is 39.6 Å². The van der Waals surface area contributed by atoms with Gasteiger partial charge >= 0.3 is 5.97 Å². The van der Waals surface area contributed by atoms with Crippen LogP contribution in [0.1, 0.15) is 27.6 Å². The van der Waals surface area contributed by atoms with Gasteiger partial charge in [0, 0.05) is 28.9 Å². The molecule has 3 rings (SSSR count). The lowest BCUT2D eigenvalue weighted by Gasteiger charge is -2.20. The van der Waals surface area contributed by atoms with Gasteiger partial charge in [-0.1, -0.05) is 42.5 Å². The molecule has 128 valence electrons. The Morgan fingerprint density at radius 2 is 1.76 bits per heavy atom. The van der Waals surface area contributed by atoms with Crippen LogP contribution in [0.15, 0.2) is 69.7 Å². The Balaban J connectivity index is 1.90. The number of carbonyl (C=O) groups is 2. The van der Waals surface area contributed by atoms with Gasteiger partial charge in [0.05, 0.1) is 5.56 Å². The van der Waals surface area contributed by atoms with Crippen molar-refractivity contribution in [1.82, 2.24) is 4.90 Å². The number of allylic oxidation sites excluding steroid dienone is 1. The van der Waals surface area contributed by atoms with E-state index < -0.39 is 5.97 Å². The van der Waals surface area contributed by atoms with Crippen molar-refractivity contribution in [3.05, 3.63) is 80.8 Å². The van der Waals surface area contributed by atoms with E-state index in [1.54, 1.807) is 25.2 Å². The van der Waals surface area contributed by atoms with Gasteiger partial charge in [0.15, 0.2) is 0 Å². The quantitative estimate of drug-likeness (QED) is 0.783. The standard InChI is InChI=1S/C19H16BrNO3S/c1-21(18(22)13-9-5-6-10-14(13)20)15-11-16(25-17(15)19(23)24)12-7-3-2-4-8-12/h2-10,16H,11H2,1H3,(H,23,24). The molecule has 0 radical (unpaired) electrons. The molecule has 0 saturated carbocycles. The van der Waals surface area contributed by atoms with Crippen molar-refractivity contribution in [3.63, 3.8) is 0 Å².